The van der Waals surface area contributed by atoms with Gasteiger partial charge in [-0.25, -0.2) is 14.8 Å². The molecule has 0 radical (unpaired) electrons. The first kappa shape index (κ1) is 31.1. The number of allylic oxidation sites excluding steroid dienone is 1. The van der Waals surface area contributed by atoms with E-state index in [0.717, 1.165) is 23.1 Å². The number of ether oxygens (including phenoxy) is 2. The summed E-state index contributed by atoms with van der Waals surface area (Å²) in [7, 11) is 1.49. The van der Waals surface area contributed by atoms with Crippen molar-refractivity contribution in [3.63, 3.8) is 0 Å². The van der Waals surface area contributed by atoms with Gasteiger partial charge in [0.15, 0.2) is 9.96 Å². The predicted molar refractivity (Wildman–Crippen MR) is 168 cm³/mol. The Hall–Kier alpha value is -4.34. The molecule has 12 nitrogen and oxygen atoms in total. The lowest BCUT2D eigenvalue weighted by Crippen LogP contribution is -2.40. The number of fused-ring (bicyclic) bond motifs is 1. The van der Waals surface area contributed by atoms with Gasteiger partial charge < -0.3 is 14.5 Å². The van der Waals surface area contributed by atoms with E-state index >= 15 is 0 Å². The number of H-pyrrole nitrogens is 1. The molecular weight excluding hydrogens is 674 g/mol. The second-order valence-electron chi connectivity index (χ2n) is 9.46. The van der Waals surface area contributed by atoms with Gasteiger partial charge in [0, 0.05) is 38.8 Å². The first-order valence-electron chi connectivity index (χ1n) is 13.1. The largest absolute Gasteiger partial charge is 0.496 e. The molecule has 0 fully saturated rings. The molecule has 1 atom stereocenters. The average Bonchev–Trinajstić information content (AvgIpc) is 3.26. The minimum atomic E-state index is -0.930. The molecule has 0 aliphatic carbocycles. The van der Waals surface area contributed by atoms with Crippen LogP contribution >= 0.6 is 39.0 Å². The van der Waals surface area contributed by atoms with Crippen LogP contribution < -0.4 is 25.2 Å². The number of thiazole rings is 1. The minimum Gasteiger partial charge on any atom is -0.496 e. The molecular formula is C29H24BrN5O7S2. The Morgan fingerprint density at radius 2 is 2.00 bits per heavy atom. The number of methoxy groups -OCH3 is 1. The Kier molecular flexibility index (Phi) is 8.99. The van der Waals surface area contributed by atoms with Gasteiger partial charge in [0.25, 0.3) is 16.8 Å². The number of nitro groups is 1. The van der Waals surface area contributed by atoms with Crippen molar-refractivity contribution in [1.82, 2.24) is 14.5 Å². The van der Waals surface area contributed by atoms with Crippen LogP contribution in [0.5, 0.6) is 5.75 Å². The molecule has 1 N–H and O–H groups in total. The van der Waals surface area contributed by atoms with Crippen LogP contribution in [0.4, 0.5) is 5.69 Å². The van der Waals surface area contributed by atoms with Crippen LogP contribution in [0.3, 0.4) is 0 Å². The maximum absolute atomic E-state index is 14.2. The standard InChI is InChI=1S/C29H24BrN5O7S2/c1-5-42-27(38)24-15(3)32-29-34(25(24)19-13-17(30)6-8-20(19)41-4)26(37)22(44-29)12-16-11-18(35(39)40)7-9-21(16)43-28-31-14(2)10-23(36)33-28/h6-13,25H,5H2,1-4H3,(H,31,33,36)/b22-12-/t25-/m0/s1. The van der Waals surface area contributed by atoms with Crippen molar-refractivity contribution >= 4 is 56.8 Å². The number of rotatable bonds is 8. The van der Waals surface area contributed by atoms with Crippen LogP contribution in [-0.4, -0.2) is 39.1 Å². The fraction of sp³-hybridized carbons (Fsp3) is 0.207. The molecule has 0 spiro atoms. The fourth-order valence-corrected chi connectivity index (χ4v) is 7.04. The number of nitrogens with one attached hydrogen (secondary N) is 1. The van der Waals surface area contributed by atoms with Gasteiger partial charge in [0.2, 0.25) is 0 Å². The van der Waals surface area contributed by atoms with Crippen molar-refractivity contribution in [2.75, 3.05) is 13.7 Å². The van der Waals surface area contributed by atoms with Gasteiger partial charge in [0.05, 0.1) is 34.4 Å². The Morgan fingerprint density at radius 3 is 2.68 bits per heavy atom. The summed E-state index contributed by atoms with van der Waals surface area (Å²) in [5.74, 6) is -0.173. The summed E-state index contributed by atoms with van der Waals surface area (Å²) in [6, 6.07) is 9.91. The molecule has 226 valence electrons. The zero-order chi connectivity index (χ0) is 31.7. The first-order valence-corrected chi connectivity index (χ1v) is 15.5. The van der Waals surface area contributed by atoms with E-state index in [1.807, 2.05) is 0 Å². The number of aryl methyl sites for hydroxylation is 1. The van der Waals surface area contributed by atoms with Crippen LogP contribution in [0.1, 0.15) is 36.7 Å². The third-order valence-electron chi connectivity index (χ3n) is 6.55. The van der Waals surface area contributed by atoms with Crippen molar-refractivity contribution in [1.29, 1.82) is 0 Å². The molecule has 1 aliphatic rings. The lowest BCUT2D eigenvalue weighted by atomic mass is 9.95. The van der Waals surface area contributed by atoms with E-state index in [2.05, 4.69) is 30.9 Å². The number of carbonyl (C=O) groups is 1. The van der Waals surface area contributed by atoms with Crippen LogP contribution in [0.2, 0.25) is 0 Å². The highest BCUT2D eigenvalue weighted by atomic mass is 79.9. The van der Waals surface area contributed by atoms with Crippen molar-refractivity contribution in [3.8, 4) is 5.75 Å². The topological polar surface area (TPSA) is 159 Å². The van der Waals surface area contributed by atoms with E-state index in [0.29, 0.717) is 42.4 Å². The fourth-order valence-electron chi connectivity index (χ4n) is 4.71. The Labute approximate surface area is 266 Å². The van der Waals surface area contributed by atoms with Gasteiger partial charge in [-0.1, -0.05) is 39.0 Å². The number of nitrogens with zero attached hydrogens (tertiary/aromatic N) is 4. The molecule has 1 aliphatic heterocycles. The number of hydrogen-bond acceptors (Lipinski definition) is 11. The Bertz CT molecular complexity index is 2100. The molecule has 3 heterocycles. The van der Waals surface area contributed by atoms with E-state index < -0.39 is 22.5 Å². The highest BCUT2D eigenvalue weighted by Gasteiger charge is 2.35. The summed E-state index contributed by atoms with van der Waals surface area (Å²) >= 11 is 5.65. The third-order valence-corrected chi connectivity index (χ3v) is 9.00. The number of hydrogen-bond donors (Lipinski definition) is 1. The highest BCUT2D eigenvalue weighted by molar-refractivity contribution is 9.10. The maximum atomic E-state index is 14.2. The van der Waals surface area contributed by atoms with Gasteiger partial charge >= 0.3 is 5.97 Å². The molecule has 15 heteroatoms. The van der Waals surface area contributed by atoms with Crippen molar-refractivity contribution in [3.05, 3.63) is 115 Å². The number of nitro benzene ring substituents is 1. The second-order valence-corrected chi connectivity index (χ2v) is 12.4. The Morgan fingerprint density at radius 1 is 1.23 bits per heavy atom. The molecule has 2 aromatic carbocycles. The monoisotopic (exact) mass is 697 g/mol. The van der Waals surface area contributed by atoms with Crippen molar-refractivity contribution < 1.29 is 19.2 Å². The molecule has 0 bridgehead atoms. The number of aromatic amines is 1. The maximum Gasteiger partial charge on any atom is 0.338 e. The predicted octanol–water partition coefficient (Wildman–Crippen LogP) is 4.02. The molecule has 2 aromatic heterocycles. The van der Waals surface area contributed by atoms with Crippen LogP contribution in [0, 0.1) is 17.0 Å². The normalized spacial score (nSPS) is 14.7. The summed E-state index contributed by atoms with van der Waals surface area (Å²) in [4.78, 5) is 63.0. The van der Waals surface area contributed by atoms with Crippen LogP contribution in [0.15, 0.2) is 82.8 Å². The van der Waals surface area contributed by atoms with Crippen LogP contribution in [0.25, 0.3) is 6.08 Å². The molecule has 0 unspecified atom stereocenters. The molecule has 0 saturated heterocycles. The number of esters is 1. The van der Waals surface area contributed by atoms with E-state index in [-0.39, 0.29) is 33.1 Å². The zero-order valence-corrected chi connectivity index (χ0v) is 27.0. The number of non-ortho nitro benzene ring substituents is 1. The van der Waals surface area contributed by atoms with E-state index in [4.69, 9.17) is 9.47 Å². The van der Waals surface area contributed by atoms with Gasteiger partial charge in [-0.2, -0.15) is 0 Å². The average molecular weight is 699 g/mol. The number of benzene rings is 2. The lowest BCUT2D eigenvalue weighted by Gasteiger charge is -2.26. The van der Waals surface area contributed by atoms with Gasteiger partial charge in [-0.15, -0.1) is 0 Å². The summed E-state index contributed by atoms with van der Waals surface area (Å²) in [5.41, 5.74) is 0.962. The van der Waals surface area contributed by atoms with Crippen LogP contribution in [-0.2, 0) is 9.53 Å². The van der Waals surface area contributed by atoms with Crippen molar-refractivity contribution in [2.45, 2.75) is 36.9 Å². The molecule has 0 saturated carbocycles. The number of carbonyl (C=O) groups excluding carboxylic acids is 1. The van der Waals surface area contributed by atoms with Crippen molar-refractivity contribution in [2.24, 2.45) is 4.99 Å². The number of aromatic nitrogens is 3. The second kappa shape index (κ2) is 12.7. The number of halogens is 1. The SMILES string of the molecule is CCOC(=O)C1=C(C)N=c2s/c(=C\c3cc([N+](=O)[O-])ccc3Sc3nc(C)cc(=O)[nH]3)c(=O)n2[C@H]1c1cc(Br)ccc1OC. The lowest BCUT2D eigenvalue weighted by molar-refractivity contribution is -0.384. The minimum absolute atomic E-state index is 0.122. The highest BCUT2D eigenvalue weighted by Crippen LogP contribution is 2.37. The molecule has 4 aromatic rings. The zero-order valence-electron chi connectivity index (χ0n) is 23.7. The summed E-state index contributed by atoms with van der Waals surface area (Å²) in [6.07, 6.45) is 1.53. The van der Waals surface area contributed by atoms with E-state index in [1.165, 1.54) is 42.0 Å². The van der Waals surface area contributed by atoms with E-state index in [1.54, 1.807) is 39.0 Å². The smallest absolute Gasteiger partial charge is 0.338 e. The summed E-state index contributed by atoms with van der Waals surface area (Å²) in [5, 5.41) is 11.9. The van der Waals surface area contributed by atoms with Gasteiger partial charge in [-0.05, 0) is 56.7 Å². The summed E-state index contributed by atoms with van der Waals surface area (Å²) in [6.45, 7) is 5.16. The molecule has 5 rings (SSSR count). The van der Waals surface area contributed by atoms with Gasteiger partial charge in [0.1, 0.15) is 11.8 Å². The molecule has 44 heavy (non-hydrogen) atoms. The Balaban J connectivity index is 1.75. The molecule has 0 amide bonds. The quantitative estimate of drug-likeness (QED) is 0.124. The first-order chi connectivity index (χ1) is 21.0. The third kappa shape index (κ3) is 6.16. The van der Waals surface area contributed by atoms with E-state index in [9.17, 15) is 24.5 Å². The van der Waals surface area contributed by atoms with Gasteiger partial charge in [-0.3, -0.25) is 24.3 Å². The summed E-state index contributed by atoms with van der Waals surface area (Å²) < 4.78 is 13.3.